The minimum Gasteiger partial charge on any atom is -0.295 e. The van der Waals surface area contributed by atoms with Crippen LogP contribution >= 0.6 is 51.7 Å². The Balaban J connectivity index is 2.09. The molecule has 0 amide bonds. The quantitative estimate of drug-likeness (QED) is 0.344. The predicted molar refractivity (Wildman–Crippen MR) is 123 cm³/mol. The Morgan fingerprint density at radius 3 is 2.65 bits per heavy atom. The number of Topliss-reactive ketones (excluding diaryl/α,β-unsaturated/α-hetero) is 1. The Bertz CT molecular complexity index is 796. The Morgan fingerprint density at radius 1 is 1.31 bits per heavy atom. The summed E-state index contributed by atoms with van der Waals surface area (Å²) in [4.78, 5) is 15.1. The number of thioether (sulfide) groups is 2. The smallest absolute Gasteiger partial charge is 0.167 e. The van der Waals surface area contributed by atoms with Gasteiger partial charge in [-0.15, -0.1) is 11.8 Å². The minimum absolute atomic E-state index is 0.166. The maximum Gasteiger partial charge on any atom is 0.167 e. The first-order valence-electron chi connectivity index (χ1n) is 8.73. The minimum atomic E-state index is -0.166. The van der Waals surface area contributed by atoms with Crippen molar-refractivity contribution in [2.75, 3.05) is 10.7 Å². The summed E-state index contributed by atoms with van der Waals surface area (Å²) in [6, 6.07) is 8.09. The van der Waals surface area contributed by atoms with Gasteiger partial charge in [-0.1, -0.05) is 73.2 Å². The average Bonchev–Trinajstić information content (AvgIpc) is 2.55. The van der Waals surface area contributed by atoms with E-state index in [2.05, 4.69) is 47.7 Å². The van der Waals surface area contributed by atoms with Crippen molar-refractivity contribution in [2.24, 2.45) is 5.41 Å². The summed E-state index contributed by atoms with van der Waals surface area (Å²) >= 11 is 12.6. The summed E-state index contributed by atoms with van der Waals surface area (Å²) in [5, 5.41) is 0. The van der Waals surface area contributed by atoms with E-state index in [9.17, 15) is 4.79 Å². The highest BCUT2D eigenvalue weighted by atomic mass is 79.9. The fourth-order valence-corrected chi connectivity index (χ4v) is 6.41. The molecule has 138 valence electrons. The van der Waals surface area contributed by atoms with Crippen molar-refractivity contribution in [3.8, 4) is 0 Å². The molecule has 1 aliphatic carbocycles. The van der Waals surface area contributed by atoms with Crippen LogP contribution in [0.2, 0.25) is 0 Å². The molecule has 0 N–H and O–H groups in total. The van der Waals surface area contributed by atoms with E-state index in [1.54, 1.807) is 23.5 Å². The lowest BCUT2D eigenvalue weighted by Crippen LogP contribution is -2.37. The van der Waals surface area contributed by atoms with Crippen LogP contribution in [0.4, 0.5) is 5.69 Å². The van der Waals surface area contributed by atoms with Gasteiger partial charge in [-0.25, -0.2) is 0 Å². The van der Waals surface area contributed by atoms with Crippen molar-refractivity contribution >= 4 is 67.5 Å². The van der Waals surface area contributed by atoms with E-state index >= 15 is 0 Å². The number of thiocarbonyl (C=S) groups is 1. The molecule has 0 atom stereocenters. The van der Waals surface area contributed by atoms with Gasteiger partial charge in [0.15, 0.2) is 10.1 Å². The highest BCUT2D eigenvalue weighted by Crippen LogP contribution is 2.49. The number of rotatable bonds is 5. The summed E-state index contributed by atoms with van der Waals surface area (Å²) in [7, 11) is 0. The molecule has 0 bridgehead atoms. The first-order valence-corrected chi connectivity index (χ1v) is 11.7. The molecule has 2 nitrogen and oxygen atoms in total. The molecule has 0 aromatic heterocycles. The van der Waals surface area contributed by atoms with Crippen molar-refractivity contribution in [3.63, 3.8) is 0 Å². The molecule has 1 aromatic rings. The number of anilines is 1. The number of allylic oxidation sites excluding steroid dienone is 2. The normalized spacial score (nSPS) is 19.5. The van der Waals surface area contributed by atoms with Crippen LogP contribution in [-0.2, 0) is 4.79 Å². The molecule has 0 fully saturated rings. The van der Waals surface area contributed by atoms with Crippen LogP contribution in [0.1, 0.15) is 40.0 Å². The molecular weight excluding hydrogens is 446 g/mol. The Labute approximate surface area is 178 Å². The summed E-state index contributed by atoms with van der Waals surface area (Å²) in [6.45, 7) is 6.41. The molecule has 26 heavy (non-hydrogen) atoms. The number of carbonyl (C=O) groups is 1. The Kier molecular flexibility index (Phi) is 6.37. The number of unbranched alkanes of at least 4 members (excludes halogenated alkanes) is 1. The van der Waals surface area contributed by atoms with Crippen molar-refractivity contribution in [2.45, 2.75) is 40.0 Å². The molecule has 1 aromatic carbocycles. The van der Waals surface area contributed by atoms with E-state index in [0.29, 0.717) is 6.42 Å². The largest absolute Gasteiger partial charge is 0.295 e. The fourth-order valence-electron chi connectivity index (χ4n) is 3.05. The number of hydrogen-bond donors (Lipinski definition) is 0. The molecule has 3 rings (SSSR count). The van der Waals surface area contributed by atoms with E-state index in [1.165, 1.54) is 0 Å². The van der Waals surface area contributed by atoms with Gasteiger partial charge in [0.2, 0.25) is 0 Å². The van der Waals surface area contributed by atoms with E-state index in [-0.39, 0.29) is 11.2 Å². The van der Waals surface area contributed by atoms with Crippen LogP contribution in [-0.4, -0.2) is 15.9 Å². The maximum atomic E-state index is 13.0. The van der Waals surface area contributed by atoms with Crippen molar-refractivity contribution < 1.29 is 4.79 Å². The number of hydrogen-bond acceptors (Lipinski definition) is 4. The molecule has 6 heteroatoms. The van der Waals surface area contributed by atoms with E-state index in [4.69, 9.17) is 12.2 Å². The van der Waals surface area contributed by atoms with Crippen LogP contribution in [0.25, 0.3) is 0 Å². The van der Waals surface area contributed by atoms with Crippen LogP contribution in [0.3, 0.4) is 0 Å². The zero-order valence-electron chi connectivity index (χ0n) is 15.2. The SMILES string of the molecule is CCCCSC1=C2C(=O)CC(C)(C)C=C2N(c2ccc(Br)cc2)C(=S)S1. The maximum absolute atomic E-state index is 13.0. The molecule has 1 heterocycles. The first-order chi connectivity index (χ1) is 12.3. The lowest BCUT2D eigenvalue weighted by atomic mass is 9.78. The van der Waals surface area contributed by atoms with Crippen LogP contribution in [0.15, 0.2) is 50.3 Å². The van der Waals surface area contributed by atoms with Gasteiger partial charge in [0.05, 0.1) is 15.5 Å². The first kappa shape index (κ1) is 20.2. The molecule has 0 saturated carbocycles. The monoisotopic (exact) mass is 467 g/mol. The van der Waals surface area contributed by atoms with Crippen LogP contribution in [0, 0.1) is 5.41 Å². The third-order valence-corrected chi connectivity index (χ3v) is 7.57. The lowest BCUT2D eigenvalue weighted by molar-refractivity contribution is -0.117. The molecule has 2 aliphatic rings. The van der Waals surface area contributed by atoms with Gasteiger partial charge in [-0.05, 0) is 41.9 Å². The molecule has 0 saturated heterocycles. The third-order valence-electron chi connectivity index (χ3n) is 4.30. The number of benzene rings is 1. The second-order valence-electron chi connectivity index (χ2n) is 7.16. The number of fused-ring (bicyclic) bond motifs is 1. The highest BCUT2D eigenvalue weighted by Gasteiger charge is 2.39. The summed E-state index contributed by atoms with van der Waals surface area (Å²) in [6.07, 6.45) is 5.06. The summed E-state index contributed by atoms with van der Waals surface area (Å²) in [5.41, 5.74) is 2.64. The highest BCUT2D eigenvalue weighted by molar-refractivity contribution is 9.10. The fraction of sp³-hybridized carbons (Fsp3) is 0.400. The number of carbonyl (C=O) groups excluding carboxylic acids is 1. The van der Waals surface area contributed by atoms with Gasteiger partial charge >= 0.3 is 0 Å². The molecule has 1 aliphatic heterocycles. The van der Waals surface area contributed by atoms with Gasteiger partial charge in [-0.2, -0.15) is 0 Å². The van der Waals surface area contributed by atoms with E-state index in [0.717, 1.165) is 48.6 Å². The van der Waals surface area contributed by atoms with Gasteiger partial charge in [0.1, 0.15) is 0 Å². The Morgan fingerprint density at radius 2 is 2.00 bits per heavy atom. The van der Waals surface area contributed by atoms with Gasteiger partial charge in [-0.3, -0.25) is 9.69 Å². The second-order valence-corrected chi connectivity index (χ2v) is 11.1. The van der Waals surface area contributed by atoms with Gasteiger partial charge in [0, 0.05) is 16.6 Å². The molecule has 0 unspecified atom stereocenters. The van der Waals surface area contributed by atoms with Crippen LogP contribution < -0.4 is 4.90 Å². The topological polar surface area (TPSA) is 20.3 Å². The zero-order valence-corrected chi connectivity index (χ0v) is 19.2. The van der Waals surface area contributed by atoms with Crippen molar-refractivity contribution in [1.82, 2.24) is 0 Å². The molecule has 0 radical (unpaired) electrons. The average molecular weight is 469 g/mol. The van der Waals surface area contributed by atoms with Gasteiger partial charge in [0.25, 0.3) is 0 Å². The number of halogens is 1. The summed E-state index contributed by atoms with van der Waals surface area (Å²) in [5.74, 6) is 1.25. The summed E-state index contributed by atoms with van der Waals surface area (Å²) < 4.78 is 2.88. The third kappa shape index (κ3) is 4.29. The molecular formula is C20H22BrNOS3. The zero-order chi connectivity index (χ0) is 18.9. The van der Waals surface area contributed by atoms with E-state index in [1.807, 2.05) is 24.3 Å². The van der Waals surface area contributed by atoms with Gasteiger partial charge < -0.3 is 0 Å². The van der Waals surface area contributed by atoms with Crippen molar-refractivity contribution in [1.29, 1.82) is 0 Å². The number of nitrogens with zero attached hydrogens (tertiary/aromatic N) is 1. The molecule has 0 spiro atoms. The predicted octanol–water partition coefficient (Wildman–Crippen LogP) is 6.92. The van der Waals surface area contributed by atoms with Crippen LogP contribution in [0.5, 0.6) is 0 Å². The second kappa shape index (κ2) is 8.21. The number of ketones is 1. The van der Waals surface area contributed by atoms with Crippen molar-refractivity contribution in [3.05, 3.63) is 50.3 Å². The standard InChI is InChI=1S/C20H22BrNOS3/c1-4-5-10-25-18-17-15(11-20(2,3)12-16(17)23)22(19(24)26-18)14-8-6-13(21)7-9-14/h6-9,11H,4-5,10,12H2,1-3H3. The Hall–Kier alpha value is -0.560. The lowest BCUT2D eigenvalue weighted by Gasteiger charge is -2.39. The van der Waals surface area contributed by atoms with E-state index < -0.39 is 0 Å².